The van der Waals surface area contributed by atoms with E-state index in [0.29, 0.717) is 49.5 Å². The van der Waals surface area contributed by atoms with E-state index >= 15 is 0 Å². The van der Waals surface area contributed by atoms with E-state index in [0.717, 1.165) is 16.7 Å². The number of nitrogens with zero attached hydrogens (tertiary/aromatic N) is 1. The molecule has 3 aromatic rings. The van der Waals surface area contributed by atoms with Crippen molar-refractivity contribution in [2.75, 3.05) is 25.4 Å². The normalized spacial score (nSPS) is 17.2. The fourth-order valence-electron chi connectivity index (χ4n) is 4.72. The van der Waals surface area contributed by atoms with Crippen molar-refractivity contribution in [1.82, 2.24) is 15.5 Å². The molecule has 0 saturated heterocycles. The van der Waals surface area contributed by atoms with Crippen molar-refractivity contribution in [3.8, 4) is 0 Å². The number of hydrogen-bond donors (Lipinski definition) is 3. The van der Waals surface area contributed by atoms with Gasteiger partial charge in [0.15, 0.2) is 0 Å². The van der Waals surface area contributed by atoms with Gasteiger partial charge in [0.25, 0.3) is 11.8 Å². The van der Waals surface area contributed by atoms with Gasteiger partial charge in [-0.1, -0.05) is 36.4 Å². The third-order valence-corrected chi connectivity index (χ3v) is 6.43. The second-order valence-corrected chi connectivity index (χ2v) is 8.69. The van der Waals surface area contributed by atoms with E-state index in [1.807, 2.05) is 36.4 Å². The molecule has 0 fully saturated rings. The van der Waals surface area contributed by atoms with Crippen LogP contribution in [0, 0.1) is 0 Å². The Kier molecular flexibility index (Phi) is 5.79. The minimum Gasteiger partial charge on any atom is -0.468 e. The van der Waals surface area contributed by atoms with Gasteiger partial charge in [-0.15, -0.1) is 0 Å². The van der Waals surface area contributed by atoms with Gasteiger partial charge in [0, 0.05) is 31.7 Å². The maximum absolute atomic E-state index is 13.3. The molecule has 8 nitrogen and oxygen atoms in total. The van der Waals surface area contributed by atoms with Crippen LogP contribution in [0.25, 0.3) is 0 Å². The first-order valence-electron chi connectivity index (χ1n) is 11.4. The molecule has 1 atom stereocenters. The third kappa shape index (κ3) is 4.26. The predicted octanol–water partition coefficient (Wildman–Crippen LogP) is 2.25. The first-order chi connectivity index (χ1) is 16.5. The number of anilines is 1. The van der Waals surface area contributed by atoms with Gasteiger partial charge in [0.1, 0.15) is 12.0 Å². The number of furan rings is 1. The van der Waals surface area contributed by atoms with Gasteiger partial charge in [-0.3, -0.25) is 14.4 Å². The number of nitrogens with two attached hydrogens (primary N) is 1. The molecule has 4 N–H and O–H groups in total. The van der Waals surface area contributed by atoms with E-state index in [1.54, 1.807) is 17.0 Å². The largest absolute Gasteiger partial charge is 0.468 e. The van der Waals surface area contributed by atoms with Gasteiger partial charge in [-0.05, 0) is 35.2 Å². The van der Waals surface area contributed by atoms with Crippen LogP contribution in [-0.2, 0) is 24.1 Å². The number of fused-ring (bicyclic) bond motifs is 2. The molecule has 1 unspecified atom stereocenters. The van der Waals surface area contributed by atoms with E-state index < -0.39 is 11.9 Å². The van der Waals surface area contributed by atoms with Gasteiger partial charge in [0.05, 0.1) is 23.6 Å². The molecule has 0 saturated carbocycles. The number of amides is 3. The molecule has 1 aromatic heterocycles. The maximum Gasteiger partial charge on any atom is 0.255 e. The topological polar surface area (TPSA) is 118 Å². The predicted molar refractivity (Wildman–Crippen MR) is 126 cm³/mol. The molecule has 3 amide bonds. The summed E-state index contributed by atoms with van der Waals surface area (Å²) in [5.41, 5.74) is 9.89. The molecule has 34 heavy (non-hydrogen) atoms. The minimum atomic E-state index is -0.423. The quantitative estimate of drug-likeness (QED) is 0.519. The van der Waals surface area contributed by atoms with E-state index in [9.17, 15) is 14.4 Å². The lowest BCUT2D eigenvalue weighted by atomic mass is 9.98. The smallest absolute Gasteiger partial charge is 0.255 e. The van der Waals surface area contributed by atoms with Crippen molar-refractivity contribution >= 4 is 23.4 Å². The summed E-state index contributed by atoms with van der Waals surface area (Å²) in [6.07, 6.45) is 2.81. The van der Waals surface area contributed by atoms with Crippen LogP contribution >= 0.6 is 0 Å². The van der Waals surface area contributed by atoms with Crippen molar-refractivity contribution in [2.45, 2.75) is 25.3 Å². The molecule has 2 aliphatic heterocycles. The van der Waals surface area contributed by atoms with Crippen molar-refractivity contribution in [3.63, 3.8) is 0 Å². The van der Waals surface area contributed by atoms with E-state index in [1.165, 1.54) is 6.26 Å². The fourth-order valence-corrected chi connectivity index (χ4v) is 4.72. The Morgan fingerprint density at radius 2 is 2.00 bits per heavy atom. The second kappa shape index (κ2) is 9.05. The highest BCUT2D eigenvalue weighted by Gasteiger charge is 2.31. The van der Waals surface area contributed by atoms with E-state index in [4.69, 9.17) is 10.2 Å². The summed E-state index contributed by atoms with van der Waals surface area (Å²) in [4.78, 5) is 40.6. The SMILES string of the molecule is Nc1cccc(CC(=O)N2CCc3ccccc3C(NC(=O)c3coc4c3C(=O)NCC4)C2)c1. The molecular weight excluding hydrogens is 432 g/mol. The Bertz CT molecular complexity index is 1270. The summed E-state index contributed by atoms with van der Waals surface area (Å²) >= 11 is 0. The molecule has 174 valence electrons. The van der Waals surface area contributed by atoms with E-state index in [2.05, 4.69) is 10.6 Å². The summed E-state index contributed by atoms with van der Waals surface area (Å²) in [6.45, 7) is 1.37. The summed E-state index contributed by atoms with van der Waals surface area (Å²) in [5.74, 6) is -0.209. The van der Waals surface area contributed by atoms with Crippen molar-refractivity contribution in [2.24, 2.45) is 0 Å². The zero-order valence-electron chi connectivity index (χ0n) is 18.7. The average molecular weight is 459 g/mol. The minimum absolute atomic E-state index is 0.0299. The molecule has 5 rings (SSSR count). The first-order valence-corrected chi connectivity index (χ1v) is 11.4. The number of carbonyl (C=O) groups excluding carboxylic acids is 3. The first kappa shape index (κ1) is 21.8. The Morgan fingerprint density at radius 1 is 1.15 bits per heavy atom. The van der Waals surface area contributed by atoms with Gasteiger partial charge in [0.2, 0.25) is 5.91 Å². The highest BCUT2D eigenvalue weighted by molar-refractivity contribution is 6.08. The highest BCUT2D eigenvalue weighted by atomic mass is 16.3. The highest BCUT2D eigenvalue weighted by Crippen LogP contribution is 2.26. The van der Waals surface area contributed by atoms with Gasteiger partial charge >= 0.3 is 0 Å². The maximum atomic E-state index is 13.3. The van der Waals surface area contributed by atoms with Crippen LogP contribution in [0.1, 0.15) is 49.2 Å². The van der Waals surface area contributed by atoms with Crippen LogP contribution in [-0.4, -0.2) is 42.3 Å². The summed E-state index contributed by atoms with van der Waals surface area (Å²) in [6, 6.07) is 14.8. The summed E-state index contributed by atoms with van der Waals surface area (Å²) < 4.78 is 5.50. The standard InChI is InChI=1S/C26H26N4O4/c27-18-6-3-4-16(12-18)13-23(31)30-11-9-17-5-1-2-7-19(17)21(14-30)29-25(32)20-15-34-22-8-10-28-26(33)24(20)22/h1-7,12,15,21H,8-11,13-14,27H2,(H,28,33)(H,29,32). The molecule has 2 aliphatic rings. The lowest BCUT2D eigenvalue weighted by Gasteiger charge is -2.26. The second-order valence-electron chi connectivity index (χ2n) is 8.69. The van der Waals surface area contributed by atoms with Gasteiger partial charge in [-0.2, -0.15) is 0 Å². The molecule has 2 aromatic carbocycles. The van der Waals surface area contributed by atoms with Gasteiger partial charge in [-0.25, -0.2) is 0 Å². The van der Waals surface area contributed by atoms with Crippen LogP contribution in [0.4, 0.5) is 5.69 Å². The monoisotopic (exact) mass is 458 g/mol. The van der Waals surface area contributed by atoms with Crippen molar-refractivity contribution in [3.05, 3.63) is 88.4 Å². The van der Waals surface area contributed by atoms with Crippen LogP contribution in [0.15, 0.2) is 59.2 Å². The summed E-state index contributed by atoms with van der Waals surface area (Å²) in [7, 11) is 0. The Balaban J connectivity index is 1.39. The number of carbonyl (C=O) groups is 3. The average Bonchev–Trinajstić information content (AvgIpc) is 3.18. The Morgan fingerprint density at radius 3 is 2.85 bits per heavy atom. The zero-order valence-corrected chi connectivity index (χ0v) is 18.7. The molecule has 8 heteroatoms. The van der Waals surface area contributed by atoms with Crippen molar-refractivity contribution in [1.29, 1.82) is 0 Å². The van der Waals surface area contributed by atoms with Crippen LogP contribution < -0.4 is 16.4 Å². The molecule has 3 heterocycles. The van der Waals surface area contributed by atoms with E-state index in [-0.39, 0.29) is 23.8 Å². The van der Waals surface area contributed by atoms with Crippen LogP contribution in [0.2, 0.25) is 0 Å². The number of hydrogen-bond acceptors (Lipinski definition) is 5. The molecular formula is C26H26N4O4. The molecule has 0 spiro atoms. The Hall–Kier alpha value is -4.07. The van der Waals surface area contributed by atoms with Crippen LogP contribution in [0.5, 0.6) is 0 Å². The molecule has 0 radical (unpaired) electrons. The molecule has 0 aliphatic carbocycles. The number of rotatable bonds is 4. The number of benzene rings is 2. The third-order valence-electron chi connectivity index (χ3n) is 6.43. The fraction of sp³-hybridized carbons (Fsp3) is 0.269. The summed E-state index contributed by atoms with van der Waals surface area (Å²) in [5, 5.41) is 5.81. The lowest BCUT2D eigenvalue weighted by Crippen LogP contribution is -2.41. The Labute approximate surface area is 197 Å². The molecule has 0 bridgehead atoms. The van der Waals surface area contributed by atoms with Crippen LogP contribution in [0.3, 0.4) is 0 Å². The lowest BCUT2D eigenvalue weighted by molar-refractivity contribution is -0.130. The van der Waals surface area contributed by atoms with Gasteiger partial charge < -0.3 is 25.7 Å². The number of nitrogens with one attached hydrogen (secondary N) is 2. The number of nitrogen functional groups attached to an aromatic ring is 1. The van der Waals surface area contributed by atoms with Crippen molar-refractivity contribution < 1.29 is 18.8 Å². The zero-order chi connectivity index (χ0) is 23.7.